The van der Waals surface area contributed by atoms with E-state index in [2.05, 4.69) is 11.1 Å². The third-order valence-corrected chi connectivity index (χ3v) is 3.54. The molecule has 0 fully saturated rings. The van der Waals surface area contributed by atoms with Gasteiger partial charge in [0.25, 0.3) is 5.91 Å². The average Bonchev–Trinajstić information content (AvgIpc) is 2.82. The number of carbonyl (C=O) groups is 1. The van der Waals surface area contributed by atoms with E-state index in [9.17, 15) is 4.79 Å². The van der Waals surface area contributed by atoms with E-state index in [0.29, 0.717) is 31.1 Å². The Bertz CT molecular complexity index is 461. The SMILES string of the molecule is CC(C)CN(CCC#N)C(=O)c1csc(C(C)N)n1. The Morgan fingerprint density at radius 3 is 2.74 bits per heavy atom. The highest BCUT2D eigenvalue weighted by Crippen LogP contribution is 2.17. The molecule has 1 amide bonds. The molecule has 5 nitrogen and oxygen atoms in total. The van der Waals surface area contributed by atoms with E-state index in [1.54, 1.807) is 10.3 Å². The van der Waals surface area contributed by atoms with Gasteiger partial charge in [-0.3, -0.25) is 4.79 Å². The molecule has 0 spiro atoms. The predicted molar refractivity (Wildman–Crippen MR) is 75.7 cm³/mol. The van der Waals surface area contributed by atoms with Crippen molar-refractivity contribution in [1.29, 1.82) is 5.26 Å². The van der Waals surface area contributed by atoms with Crippen LogP contribution in [0.2, 0.25) is 0 Å². The molecule has 0 aliphatic rings. The van der Waals surface area contributed by atoms with Crippen molar-refractivity contribution in [1.82, 2.24) is 9.88 Å². The van der Waals surface area contributed by atoms with Crippen LogP contribution in [-0.4, -0.2) is 28.9 Å². The molecule has 1 aromatic rings. The Labute approximate surface area is 118 Å². The number of nitrogens with two attached hydrogens (primary N) is 1. The summed E-state index contributed by atoms with van der Waals surface area (Å²) >= 11 is 1.40. The van der Waals surface area contributed by atoms with Gasteiger partial charge in [0, 0.05) is 18.5 Å². The minimum absolute atomic E-state index is 0.118. The lowest BCUT2D eigenvalue weighted by atomic mass is 10.2. The van der Waals surface area contributed by atoms with Gasteiger partial charge in [-0.25, -0.2) is 4.98 Å². The second kappa shape index (κ2) is 7.22. The van der Waals surface area contributed by atoms with Gasteiger partial charge in [-0.1, -0.05) is 13.8 Å². The Morgan fingerprint density at radius 1 is 1.58 bits per heavy atom. The topological polar surface area (TPSA) is 83.0 Å². The first-order chi connectivity index (χ1) is 8.95. The van der Waals surface area contributed by atoms with Crippen molar-refractivity contribution in [2.24, 2.45) is 11.7 Å². The van der Waals surface area contributed by atoms with E-state index >= 15 is 0 Å². The van der Waals surface area contributed by atoms with Crippen LogP contribution >= 0.6 is 11.3 Å². The van der Waals surface area contributed by atoms with Crippen LogP contribution < -0.4 is 5.73 Å². The van der Waals surface area contributed by atoms with Crippen LogP contribution in [0.5, 0.6) is 0 Å². The Kier molecular flexibility index (Phi) is 5.93. The lowest BCUT2D eigenvalue weighted by molar-refractivity contribution is 0.0734. The minimum atomic E-state index is -0.163. The largest absolute Gasteiger partial charge is 0.336 e. The summed E-state index contributed by atoms with van der Waals surface area (Å²) in [6, 6.07) is 1.91. The van der Waals surface area contributed by atoms with Crippen LogP contribution in [0.3, 0.4) is 0 Å². The highest BCUT2D eigenvalue weighted by molar-refractivity contribution is 7.09. The summed E-state index contributed by atoms with van der Waals surface area (Å²) in [6.45, 7) is 7.00. The summed E-state index contributed by atoms with van der Waals surface area (Å²) in [4.78, 5) is 18.3. The van der Waals surface area contributed by atoms with Gasteiger partial charge in [0.1, 0.15) is 10.7 Å². The average molecular weight is 280 g/mol. The van der Waals surface area contributed by atoms with Crippen molar-refractivity contribution in [2.45, 2.75) is 33.2 Å². The molecule has 0 saturated heterocycles. The molecule has 6 heteroatoms. The molecule has 2 N–H and O–H groups in total. The number of thiazole rings is 1. The zero-order valence-corrected chi connectivity index (χ0v) is 12.4. The molecular weight excluding hydrogens is 260 g/mol. The number of carbonyl (C=O) groups excluding carboxylic acids is 1. The first-order valence-electron chi connectivity index (χ1n) is 6.33. The van der Waals surface area contributed by atoms with E-state index in [1.807, 2.05) is 20.8 Å². The summed E-state index contributed by atoms with van der Waals surface area (Å²) < 4.78 is 0. The first-order valence-corrected chi connectivity index (χ1v) is 7.21. The lowest BCUT2D eigenvalue weighted by Crippen LogP contribution is -2.35. The maximum Gasteiger partial charge on any atom is 0.273 e. The van der Waals surface area contributed by atoms with E-state index < -0.39 is 0 Å². The standard InChI is InChI=1S/C13H20N4OS/c1-9(2)7-17(6-4-5-14)13(18)11-8-19-12(16-11)10(3)15/h8-10H,4,6-7,15H2,1-3H3. The van der Waals surface area contributed by atoms with E-state index in [-0.39, 0.29) is 11.9 Å². The highest BCUT2D eigenvalue weighted by Gasteiger charge is 2.20. The summed E-state index contributed by atoms with van der Waals surface area (Å²) in [5.41, 5.74) is 6.17. The zero-order valence-electron chi connectivity index (χ0n) is 11.6. The molecule has 0 bridgehead atoms. The van der Waals surface area contributed by atoms with Crippen LogP contribution in [0.15, 0.2) is 5.38 Å². The molecule has 19 heavy (non-hydrogen) atoms. The number of hydrogen-bond acceptors (Lipinski definition) is 5. The normalized spacial score (nSPS) is 12.2. The summed E-state index contributed by atoms with van der Waals surface area (Å²) in [5.74, 6) is 0.237. The predicted octanol–water partition coefficient (Wildman–Crippen LogP) is 2.17. The van der Waals surface area contributed by atoms with Crippen molar-refractivity contribution in [3.8, 4) is 6.07 Å². The Morgan fingerprint density at radius 2 is 2.26 bits per heavy atom. The molecule has 0 aliphatic carbocycles. The maximum absolute atomic E-state index is 12.3. The lowest BCUT2D eigenvalue weighted by Gasteiger charge is -2.22. The number of hydrogen-bond donors (Lipinski definition) is 1. The molecule has 0 radical (unpaired) electrons. The van der Waals surface area contributed by atoms with Crippen LogP contribution in [0.4, 0.5) is 0 Å². The highest BCUT2D eigenvalue weighted by atomic mass is 32.1. The molecule has 1 unspecified atom stereocenters. The molecule has 0 aromatic carbocycles. The van der Waals surface area contributed by atoms with Gasteiger partial charge in [-0.15, -0.1) is 11.3 Å². The molecule has 104 valence electrons. The van der Waals surface area contributed by atoms with Crippen molar-refractivity contribution < 1.29 is 4.79 Å². The van der Waals surface area contributed by atoms with Crippen LogP contribution in [0.25, 0.3) is 0 Å². The van der Waals surface area contributed by atoms with Crippen LogP contribution in [0.1, 0.15) is 48.7 Å². The molecule has 1 atom stereocenters. The Hall–Kier alpha value is -1.45. The monoisotopic (exact) mass is 280 g/mol. The van der Waals surface area contributed by atoms with Crippen molar-refractivity contribution in [3.05, 3.63) is 16.1 Å². The first kappa shape index (κ1) is 15.6. The number of rotatable bonds is 6. The fourth-order valence-electron chi connectivity index (χ4n) is 1.66. The fourth-order valence-corrected chi connectivity index (χ4v) is 2.41. The van der Waals surface area contributed by atoms with Gasteiger partial charge < -0.3 is 10.6 Å². The third kappa shape index (κ3) is 4.62. The second-order valence-electron chi connectivity index (χ2n) is 4.91. The molecule has 1 heterocycles. The number of amides is 1. The van der Waals surface area contributed by atoms with Gasteiger partial charge >= 0.3 is 0 Å². The molecular formula is C13H20N4OS. The maximum atomic E-state index is 12.3. The van der Waals surface area contributed by atoms with Crippen molar-refractivity contribution in [2.75, 3.05) is 13.1 Å². The van der Waals surface area contributed by atoms with Crippen molar-refractivity contribution >= 4 is 17.2 Å². The molecule has 1 rings (SSSR count). The third-order valence-electron chi connectivity index (χ3n) is 2.50. The quantitative estimate of drug-likeness (QED) is 0.865. The summed E-state index contributed by atoms with van der Waals surface area (Å²) in [6.07, 6.45) is 0.336. The molecule has 0 aliphatic heterocycles. The number of nitriles is 1. The van der Waals surface area contributed by atoms with Gasteiger partial charge in [0.2, 0.25) is 0 Å². The molecule has 0 saturated carbocycles. The molecule has 1 aromatic heterocycles. The summed E-state index contributed by atoms with van der Waals surface area (Å²) in [5, 5.41) is 11.2. The van der Waals surface area contributed by atoms with Crippen LogP contribution in [0, 0.1) is 17.2 Å². The number of aromatic nitrogens is 1. The van der Waals surface area contributed by atoms with Crippen molar-refractivity contribution in [3.63, 3.8) is 0 Å². The van der Waals surface area contributed by atoms with Gasteiger partial charge in [0.15, 0.2) is 0 Å². The fraction of sp³-hybridized carbons (Fsp3) is 0.615. The van der Waals surface area contributed by atoms with Crippen LogP contribution in [-0.2, 0) is 0 Å². The van der Waals surface area contributed by atoms with E-state index in [1.165, 1.54) is 11.3 Å². The second-order valence-corrected chi connectivity index (χ2v) is 5.80. The summed E-state index contributed by atoms with van der Waals surface area (Å²) in [7, 11) is 0. The van der Waals surface area contributed by atoms with E-state index in [4.69, 9.17) is 11.0 Å². The minimum Gasteiger partial charge on any atom is -0.336 e. The smallest absolute Gasteiger partial charge is 0.273 e. The zero-order chi connectivity index (χ0) is 14.4. The number of nitrogens with zero attached hydrogens (tertiary/aromatic N) is 3. The van der Waals surface area contributed by atoms with Gasteiger partial charge in [-0.05, 0) is 12.8 Å². The Balaban J connectivity index is 2.82. The van der Waals surface area contributed by atoms with Gasteiger partial charge in [0.05, 0.1) is 18.5 Å². The van der Waals surface area contributed by atoms with E-state index in [0.717, 1.165) is 5.01 Å². The van der Waals surface area contributed by atoms with Gasteiger partial charge in [-0.2, -0.15) is 5.26 Å².